The molecule has 1 rings (SSSR count). The number of urea groups is 1. The number of hydrogen-bond donors (Lipinski definition) is 2. The van der Waals surface area contributed by atoms with Crippen LogP contribution < -0.4 is 10.6 Å². The van der Waals surface area contributed by atoms with E-state index in [4.69, 9.17) is 0 Å². The van der Waals surface area contributed by atoms with E-state index in [2.05, 4.69) is 20.0 Å². The summed E-state index contributed by atoms with van der Waals surface area (Å²) in [6, 6.07) is -0.305. The Morgan fingerprint density at radius 3 is 2.92 bits per heavy atom. The minimum atomic E-state index is -0.305. The van der Waals surface area contributed by atoms with Crippen molar-refractivity contribution < 1.29 is 4.79 Å². The Balaban J connectivity index is 2.58. The normalized spacial score (nSPS) is 9.50. The number of carbonyl (C=O) groups excluding carboxylic acids is 1. The molecule has 7 heteroatoms. The molecule has 66 valence electrons. The summed E-state index contributed by atoms with van der Waals surface area (Å²) in [5.74, 6) is 0.351. The van der Waals surface area contributed by atoms with Gasteiger partial charge in [-0.05, 0) is 17.8 Å². The molecule has 0 saturated carbocycles. The summed E-state index contributed by atoms with van der Waals surface area (Å²) in [7, 11) is 1.54. The van der Waals surface area contributed by atoms with Gasteiger partial charge in [0.15, 0.2) is 4.34 Å². The largest absolute Gasteiger partial charge is 0.341 e. The molecule has 0 fully saturated rings. The van der Waals surface area contributed by atoms with Crippen molar-refractivity contribution in [3.05, 3.63) is 0 Å². The summed E-state index contributed by atoms with van der Waals surface area (Å²) in [6.07, 6.45) is 1.91. The minimum Gasteiger partial charge on any atom is -0.341 e. The smallest absolute Gasteiger partial charge is 0.321 e. The van der Waals surface area contributed by atoms with Gasteiger partial charge in [0.05, 0.1) is 0 Å². The van der Waals surface area contributed by atoms with Gasteiger partial charge in [-0.1, -0.05) is 11.8 Å². The molecule has 0 aliphatic carbocycles. The van der Waals surface area contributed by atoms with Gasteiger partial charge in [-0.3, -0.25) is 5.32 Å². The highest BCUT2D eigenvalue weighted by atomic mass is 32.2. The van der Waals surface area contributed by atoms with Crippen LogP contribution in [-0.4, -0.2) is 28.7 Å². The molecule has 0 unspecified atom stereocenters. The van der Waals surface area contributed by atoms with E-state index in [-0.39, 0.29) is 6.03 Å². The fraction of sp³-hybridized carbons (Fsp3) is 0.400. The van der Waals surface area contributed by atoms with Gasteiger partial charge in [0.25, 0.3) is 0 Å². The van der Waals surface area contributed by atoms with Gasteiger partial charge in [0, 0.05) is 7.05 Å². The Hall–Kier alpha value is -0.820. The van der Waals surface area contributed by atoms with E-state index < -0.39 is 0 Å². The number of hydrogen-bond acceptors (Lipinski definition) is 5. The molecule has 0 atom stereocenters. The maximum absolute atomic E-state index is 10.8. The van der Waals surface area contributed by atoms with Crippen LogP contribution in [0.4, 0.5) is 10.7 Å². The summed E-state index contributed by atoms with van der Waals surface area (Å²) >= 11 is 2.76. The lowest BCUT2D eigenvalue weighted by Gasteiger charge is -1.96. The third-order valence-electron chi connectivity index (χ3n) is 1.03. The fourth-order valence-corrected chi connectivity index (χ4v) is 1.47. The van der Waals surface area contributed by atoms with Crippen molar-refractivity contribution in [3.63, 3.8) is 0 Å². The van der Waals surface area contributed by atoms with Crippen LogP contribution in [0.2, 0.25) is 0 Å². The molecule has 2 N–H and O–H groups in total. The number of aromatic nitrogens is 2. The zero-order chi connectivity index (χ0) is 8.97. The maximum Gasteiger partial charge on any atom is 0.321 e. The molecule has 1 heterocycles. The first-order valence-electron chi connectivity index (χ1n) is 3.12. The molecule has 2 amide bonds. The van der Waals surface area contributed by atoms with Gasteiger partial charge in [-0.15, -0.1) is 0 Å². The summed E-state index contributed by atoms with van der Waals surface area (Å²) in [4.78, 5) is 14.8. The van der Waals surface area contributed by atoms with Gasteiger partial charge in [0.1, 0.15) is 0 Å². The first-order chi connectivity index (χ1) is 5.76. The van der Waals surface area contributed by atoms with Crippen LogP contribution in [0.15, 0.2) is 4.34 Å². The third kappa shape index (κ3) is 2.35. The van der Waals surface area contributed by atoms with Crippen molar-refractivity contribution in [2.75, 3.05) is 18.6 Å². The standard InChI is InChI=1S/C5H8N4OS2/c1-6-4(10)7-3-8-5(11-2)12-9-3/h1-2H3,(H2,6,7,9,10). The van der Waals surface area contributed by atoms with Crippen molar-refractivity contribution in [2.45, 2.75) is 4.34 Å². The lowest BCUT2D eigenvalue weighted by molar-refractivity contribution is 0.254. The van der Waals surface area contributed by atoms with E-state index in [1.54, 1.807) is 0 Å². The SMILES string of the molecule is CNC(=O)Nc1nsc(SC)n1. The summed E-state index contributed by atoms with van der Waals surface area (Å²) in [5.41, 5.74) is 0. The van der Waals surface area contributed by atoms with E-state index in [0.29, 0.717) is 5.95 Å². The number of rotatable bonds is 2. The van der Waals surface area contributed by atoms with E-state index in [9.17, 15) is 4.79 Å². The monoisotopic (exact) mass is 204 g/mol. The van der Waals surface area contributed by atoms with Crippen molar-refractivity contribution in [1.29, 1.82) is 0 Å². The second-order valence-electron chi connectivity index (χ2n) is 1.79. The van der Waals surface area contributed by atoms with Crippen molar-refractivity contribution in [3.8, 4) is 0 Å². The number of carbonyl (C=O) groups is 1. The molecular formula is C5H8N4OS2. The quantitative estimate of drug-likeness (QED) is 0.706. The summed E-state index contributed by atoms with van der Waals surface area (Å²) in [5, 5.41) is 4.88. The Morgan fingerprint density at radius 1 is 1.67 bits per heavy atom. The van der Waals surface area contributed by atoms with E-state index in [1.807, 2.05) is 6.26 Å². The van der Waals surface area contributed by atoms with Gasteiger partial charge >= 0.3 is 6.03 Å². The molecule has 5 nitrogen and oxygen atoms in total. The van der Waals surface area contributed by atoms with Crippen LogP contribution in [0.25, 0.3) is 0 Å². The van der Waals surface area contributed by atoms with E-state index in [0.717, 1.165) is 4.34 Å². The molecule has 0 aromatic carbocycles. The Morgan fingerprint density at radius 2 is 2.42 bits per heavy atom. The Kier molecular flexibility index (Phi) is 3.30. The van der Waals surface area contributed by atoms with Gasteiger partial charge in [0.2, 0.25) is 5.95 Å². The predicted molar refractivity (Wildman–Crippen MR) is 49.8 cm³/mol. The number of nitrogens with zero attached hydrogens (tertiary/aromatic N) is 2. The average molecular weight is 204 g/mol. The van der Waals surface area contributed by atoms with Crippen LogP contribution in [0.5, 0.6) is 0 Å². The Bertz CT molecular complexity index is 274. The molecular weight excluding hydrogens is 196 g/mol. The van der Waals surface area contributed by atoms with E-state index >= 15 is 0 Å². The highest BCUT2D eigenvalue weighted by molar-refractivity contribution is 8.00. The topological polar surface area (TPSA) is 66.9 Å². The molecule has 0 radical (unpaired) electrons. The number of nitrogens with one attached hydrogen (secondary N) is 2. The van der Waals surface area contributed by atoms with Gasteiger partial charge in [-0.2, -0.15) is 9.36 Å². The van der Waals surface area contributed by atoms with Crippen molar-refractivity contribution in [2.24, 2.45) is 0 Å². The minimum absolute atomic E-state index is 0.305. The van der Waals surface area contributed by atoms with Crippen LogP contribution in [0, 0.1) is 0 Å². The highest BCUT2D eigenvalue weighted by Gasteiger charge is 2.04. The van der Waals surface area contributed by atoms with E-state index in [1.165, 1.54) is 30.3 Å². The van der Waals surface area contributed by atoms with Crippen molar-refractivity contribution in [1.82, 2.24) is 14.7 Å². The summed E-state index contributed by atoms with van der Waals surface area (Å²) in [6.45, 7) is 0. The zero-order valence-corrected chi connectivity index (χ0v) is 8.25. The fourth-order valence-electron chi connectivity index (χ4n) is 0.507. The van der Waals surface area contributed by atoms with Crippen LogP contribution in [-0.2, 0) is 0 Å². The van der Waals surface area contributed by atoms with Gasteiger partial charge in [-0.25, -0.2) is 4.79 Å². The molecule has 0 spiro atoms. The van der Waals surface area contributed by atoms with Crippen LogP contribution in [0.1, 0.15) is 0 Å². The number of thioether (sulfide) groups is 1. The second-order valence-corrected chi connectivity index (χ2v) is 3.60. The maximum atomic E-state index is 10.8. The number of amides is 2. The summed E-state index contributed by atoms with van der Waals surface area (Å²) < 4.78 is 4.75. The molecule has 1 aromatic heterocycles. The lowest BCUT2D eigenvalue weighted by atomic mass is 10.9. The van der Waals surface area contributed by atoms with Crippen molar-refractivity contribution >= 4 is 35.3 Å². The zero-order valence-electron chi connectivity index (χ0n) is 6.62. The molecule has 12 heavy (non-hydrogen) atoms. The molecule has 0 saturated heterocycles. The molecule has 1 aromatic rings. The average Bonchev–Trinajstić information content (AvgIpc) is 2.52. The molecule has 0 bridgehead atoms. The van der Waals surface area contributed by atoms with Gasteiger partial charge < -0.3 is 5.32 Å². The first kappa shape index (κ1) is 9.27. The third-order valence-corrected chi connectivity index (χ3v) is 2.71. The molecule has 0 aliphatic heterocycles. The Labute approximate surface area is 78.1 Å². The molecule has 0 aliphatic rings. The highest BCUT2D eigenvalue weighted by Crippen LogP contribution is 2.18. The second kappa shape index (κ2) is 4.27. The lowest BCUT2D eigenvalue weighted by Crippen LogP contribution is -2.24. The first-order valence-corrected chi connectivity index (χ1v) is 5.12. The predicted octanol–water partition coefficient (Wildman–Crippen LogP) is 1.01. The van der Waals surface area contributed by atoms with Crippen LogP contribution in [0.3, 0.4) is 0 Å². The van der Waals surface area contributed by atoms with Crippen LogP contribution >= 0.6 is 23.3 Å². The number of anilines is 1.